The summed E-state index contributed by atoms with van der Waals surface area (Å²) in [6.45, 7) is 5.90. The third kappa shape index (κ3) is 7.26. The Hall–Kier alpha value is -0.590. The van der Waals surface area contributed by atoms with Crippen molar-refractivity contribution in [3.8, 4) is 0 Å². The standard InChI is InChI=1S/C14H23F2NO2S/c1-14(2,6-3-7-18)10-17-8-11-4-5-12(19-11)9-20-13(15)16/h4-5,13,17-18H,3,6-10H2,1-2H3. The predicted octanol–water partition coefficient (Wildman–Crippen LogP) is 3.62. The van der Waals surface area contributed by atoms with Crippen molar-refractivity contribution in [2.24, 2.45) is 5.41 Å². The van der Waals surface area contributed by atoms with Gasteiger partial charge in [-0.05, 0) is 30.4 Å². The summed E-state index contributed by atoms with van der Waals surface area (Å²) >= 11 is 0.564. The fourth-order valence-corrected chi connectivity index (χ4v) is 2.36. The van der Waals surface area contributed by atoms with Crippen LogP contribution < -0.4 is 5.32 Å². The van der Waals surface area contributed by atoms with Crippen LogP contribution in [0.2, 0.25) is 0 Å². The van der Waals surface area contributed by atoms with E-state index in [-0.39, 0.29) is 17.8 Å². The van der Waals surface area contributed by atoms with E-state index < -0.39 is 5.76 Å². The summed E-state index contributed by atoms with van der Waals surface area (Å²) in [5.74, 6) is -0.840. The number of rotatable bonds is 10. The largest absolute Gasteiger partial charge is 0.464 e. The molecule has 116 valence electrons. The Morgan fingerprint density at radius 3 is 2.70 bits per heavy atom. The molecule has 0 radical (unpaired) electrons. The highest BCUT2D eigenvalue weighted by molar-refractivity contribution is 7.98. The fourth-order valence-electron chi connectivity index (χ4n) is 1.91. The van der Waals surface area contributed by atoms with E-state index in [1.165, 1.54) is 0 Å². The van der Waals surface area contributed by atoms with Crippen LogP contribution in [0.5, 0.6) is 0 Å². The molecular weight excluding hydrogens is 284 g/mol. The molecule has 0 fully saturated rings. The number of hydrogen-bond acceptors (Lipinski definition) is 4. The van der Waals surface area contributed by atoms with Crippen molar-refractivity contribution in [2.75, 3.05) is 13.2 Å². The van der Waals surface area contributed by atoms with Gasteiger partial charge in [0.1, 0.15) is 11.5 Å². The summed E-state index contributed by atoms with van der Waals surface area (Å²) in [6.07, 6.45) is 1.75. The molecule has 1 rings (SSSR count). The second-order valence-electron chi connectivity index (χ2n) is 5.53. The quantitative estimate of drug-likeness (QED) is 0.693. The highest BCUT2D eigenvalue weighted by Crippen LogP contribution is 2.22. The highest BCUT2D eigenvalue weighted by atomic mass is 32.2. The SMILES string of the molecule is CC(C)(CCCO)CNCc1ccc(CSC(F)F)o1. The van der Waals surface area contributed by atoms with E-state index in [9.17, 15) is 8.78 Å². The molecule has 0 aromatic carbocycles. The van der Waals surface area contributed by atoms with E-state index in [0.29, 0.717) is 24.1 Å². The van der Waals surface area contributed by atoms with Crippen LogP contribution in [0.1, 0.15) is 38.2 Å². The van der Waals surface area contributed by atoms with Gasteiger partial charge in [-0.15, -0.1) is 0 Å². The van der Waals surface area contributed by atoms with Crippen molar-refractivity contribution < 1.29 is 18.3 Å². The smallest absolute Gasteiger partial charge is 0.284 e. The van der Waals surface area contributed by atoms with Gasteiger partial charge in [0, 0.05) is 13.2 Å². The molecule has 1 heterocycles. The lowest BCUT2D eigenvalue weighted by atomic mass is 9.88. The molecule has 0 saturated heterocycles. The third-order valence-electron chi connectivity index (χ3n) is 2.98. The number of aliphatic hydroxyl groups is 1. The maximum Gasteiger partial charge on any atom is 0.284 e. The molecule has 0 atom stereocenters. The van der Waals surface area contributed by atoms with E-state index >= 15 is 0 Å². The van der Waals surface area contributed by atoms with Gasteiger partial charge in [-0.2, -0.15) is 8.78 Å². The highest BCUT2D eigenvalue weighted by Gasteiger charge is 2.16. The molecule has 6 heteroatoms. The minimum atomic E-state index is -2.37. The minimum absolute atomic E-state index is 0.115. The Labute approximate surface area is 123 Å². The number of thioether (sulfide) groups is 1. The number of aliphatic hydroxyl groups excluding tert-OH is 1. The lowest BCUT2D eigenvalue weighted by Gasteiger charge is -2.24. The van der Waals surface area contributed by atoms with Gasteiger partial charge in [0.05, 0.1) is 12.3 Å². The zero-order chi connectivity index (χ0) is 15.0. The van der Waals surface area contributed by atoms with Gasteiger partial charge in [0.15, 0.2) is 0 Å². The van der Waals surface area contributed by atoms with Crippen LogP contribution in [0.3, 0.4) is 0 Å². The summed E-state index contributed by atoms with van der Waals surface area (Å²) in [6, 6.07) is 3.55. The van der Waals surface area contributed by atoms with Gasteiger partial charge >= 0.3 is 0 Å². The molecule has 0 bridgehead atoms. The molecule has 0 saturated carbocycles. The lowest BCUT2D eigenvalue weighted by Crippen LogP contribution is -2.29. The molecular formula is C14H23F2NO2S. The van der Waals surface area contributed by atoms with E-state index in [4.69, 9.17) is 9.52 Å². The van der Waals surface area contributed by atoms with E-state index in [1.54, 1.807) is 6.07 Å². The normalized spacial score (nSPS) is 12.3. The van der Waals surface area contributed by atoms with Gasteiger partial charge in [0.2, 0.25) is 0 Å². The first-order chi connectivity index (χ1) is 9.43. The van der Waals surface area contributed by atoms with Crippen LogP contribution in [0, 0.1) is 5.41 Å². The average molecular weight is 307 g/mol. The number of alkyl halides is 2. The summed E-state index contributed by atoms with van der Waals surface area (Å²) in [5, 5.41) is 12.1. The second kappa shape index (κ2) is 8.64. The molecule has 0 unspecified atom stereocenters. The molecule has 2 N–H and O–H groups in total. The third-order valence-corrected chi connectivity index (χ3v) is 3.69. The minimum Gasteiger partial charge on any atom is -0.464 e. The van der Waals surface area contributed by atoms with Gasteiger partial charge in [-0.1, -0.05) is 25.6 Å². The van der Waals surface area contributed by atoms with Gasteiger partial charge in [0.25, 0.3) is 5.76 Å². The van der Waals surface area contributed by atoms with Crippen LogP contribution >= 0.6 is 11.8 Å². The van der Waals surface area contributed by atoms with Crippen LogP contribution in [0.15, 0.2) is 16.5 Å². The zero-order valence-corrected chi connectivity index (χ0v) is 12.8. The Morgan fingerprint density at radius 2 is 2.05 bits per heavy atom. The van der Waals surface area contributed by atoms with Gasteiger partial charge in [-0.25, -0.2) is 0 Å². The summed E-state index contributed by atoms with van der Waals surface area (Å²) in [5.41, 5.74) is 0.115. The molecule has 1 aromatic rings. The Kier molecular flexibility index (Phi) is 7.55. The zero-order valence-electron chi connectivity index (χ0n) is 12.0. The van der Waals surface area contributed by atoms with Crippen LogP contribution in [-0.4, -0.2) is 24.0 Å². The van der Waals surface area contributed by atoms with E-state index in [0.717, 1.165) is 25.1 Å². The Balaban J connectivity index is 2.28. The number of nitrogens with one attached hydrogen (secondary N) is 1. The monoisotopic (exact) mass is 307 g/mol. The van der Waals surface area contributed by atoms with Gasteiger partial charge < -0.3 is 14.8 Å². The second-order valence-corrected chi connectivity index (χ2v) is 6.51. The molecule has 0 aliphatic rings. The Morgan fingerprint density at radius 1 is 1.35 bits per heavy atom. The van der Waals surface area contributed by atoms with E-state index in [1.807, 2.05) is 6.07 Å². The summed E-state index contributed by atoms with van der Waals surface area (Å²) in [4.78, 5) is 0. The lowest BCUT2D eigenvalue weighted by molar-refractivity contribution is 0.235. The van der Waals surface area contributed by atoms with Crippen LogP contribution in [0.25, 0.3) is 0 Å². The predicted molar refractivity (Wildman–Crippen MR) is 77.8 cm³/mol. The van der Waals surface area contributed by atoms with Crippen molar-refractivity contribution in [2.45, 2.75) is 44.7 Å². The van der Waals surface area contributed by atoms with Crippen molar-refractivity contribution in [1.82, 2.24) is 5.32 Å². The molecule has 0 aliphatic carbocycles. The topological polar surface area (TPSA) is 45.4 Å². The van der Waals surface area contributed by atoms with Crippen molar-refractivity contribution >= 4 is 11.8 Å². The number of furan rings is 1. The average Bonchev–Trinajstić information content (AvgIpc) is 2.82. The fraction of sp³-hybridized carbons (Fsp3) is 0.714. The van der Waals surface area contributed by atoms with Crippen molar-refractivity contribution in [3.05, 3.63) is 23.7 Å². The first kappa shape index (κ1) is 17.5. The van der Waals surface area contributed by atoms with E-state index in [2.05, 4.69) is 19.2 Å². The van der Waals surface area contributed by atoms with Crippen molar-refractivity contribution in [1.29, 1.82) is 0 Å². The summed E-state index contributed by atoms with van der Waals surface area (Å²) < 4.78 is 29.6. The first-order valence-corrected chi connectivity index (χ1v) is 7.77. The molecule has 0 aliphatic heterocycles. The molecule has 1 aromatic heterocycles. The number of halogens is 2. The Bertz CT molecular complexity index is 383. The maximum atomic E-state index is 12.1. The molecule has 3 nitrogen and oxygen atoms in total. The first-order valence-electron chi connectivity index (χ1n) is 6.72. The van der Waals surface area contributed by atoms with Crippen LogP contribution in [0.4, 0.5) is 8.78 Å². The van der Waals surface area contributed by atoms with Crippen molar-refractivity contribution in [3.63, 3.8) is 0 Å². The molecule has 0 spiro atoms. The van der Waals surface area contributed by atoms with Gasteiger partial charge in [-0.3, -0.25) is 0 Å². The molecule has 0 amide bonds. The summed E-state index contributed by atoms with van der Waals surface area (Å²) in [7, 11) is 0. The van der Waals surface area contributed by atoms with Crippen LogP contribution in [-0.2, 0) is 12.3 Å². The maximum absolute atomic E-state index is 12.1. The number of hydrogen-bond donors (Lipinski definition) is 2. The molecule has 20 heavy (non-hydrogen) atoms.